The molecule has 4 atom stereocenters. The summed E-state index contributed by atoms with van der Waals surface area (Å²) >= 11 is 0. The number of carbonyl (C=O) groups is 3. The van der Waals surface area contributed by atoms with Gasteiger partial charge in [-0.2, -0.15) is 0 Å². The average Bonchev–Trinajstić information content (AvgIpc) is 2.79. The summed E-state index contributed by atoms with van der Waals surface area (Å²) in [6.45, 7) is 0.610. The number of ketones is 2. The van der Waals surface area contributed by atoms with E-state index in [0.717, 1.165) is 0 Å². The number of fused-ring (bicyclic) bond motifs is 3. The lowest BCUT2D eigenvalue weighted by molar-refractivity contribution is -0.153. The number of hydrogen-bond donors (Lipinski definition) is 6. The third-order valence-electron chi connectivity index (χ3n) is 7.74. The van der Waals surface area contributed by atoms with Crippen molar-refractivity contribution in [3.05, 3.63) is 45.7 Å². The molecule has 0 aromatic heterocycles. The van der Waals surface area contributed by atoms with Crippen LogP contribution in [0.2, 0.25) is 0 Å². The number of nitrogens with one attached hydrogen (secondary N) is 1. The Hall–Kier alpha value is -3.54. The molecule has 1 fully saturated rings. The summed E-state index contributed by atoms with van der Waals surface area (Å²) in [5.74, 6) is -6.92. The fourth-order valence-corrected chi connectivity index (χ4v) is 6.00. The van der Waals surface area contributed by atoms with Gasteiger partial charge in [0.1, 0.15) is 22.8 Å². The monoisotopic (exact) mass is 512 g/mol. The van der Waals surface area contributed by atoms with E-state index in [1.54, 1.807) is 20.2 Å². The Bertz CT molecular complexity index is 1300. The number of aromatic hydroxyl groups is 1. The molecule has 0 radical (unpaired) electrons. The van der Waals surface area contributed by atoms with Gasteiger partial charge in [-0.15, -0.1) is 0 Å². The molecule has 0 saturated heterocycles. The fraction of sp³-hybridized carbons (Fsp3) is 0.462. The minimum Gasteiger partial charge on any atom is -0.508 e. The summed E-state index contributed by atoms with van der Waals surface area (Å²) in [5, 5.41) is 53.0. The van der Waals surface area contributed by atoms with E-state index >= 15 is 0 Å². The number of phenols is 1. The predicted octanol–water partition coefficient (Wildman–Crippen LogP) is 0.284. The first-order valence-corrected chi connectivity index (χ1v) is 12.0. The molecule has 0 unspecified atom stereocenters. The highest BCUT2D eigenvalue weighted by Gasteiger charge is 2.64. The Labute approximate surface area is 214 Å². The van der Waals surface area contributed by atoms with Gasteiger partial charge in [-0.05, 0) is 70.2 Å². The number of aliphatic hydroxyl groups is 3. The molecule has 1 amide bonds. The number of rotatable bonds is 6. The molecular formula is C26H32N4O7. The van der Waals surface area contributed by atoms with Gasteiger partial charge >= 0.3 is 0 Å². The topological polar surface area (TPSA) is 188 Å². The van der Waals surface area contributed by atoms with Crippen molar-refractivity contribution in [3.8, 4) is 5.75 Å². The van der Waals surface area contributed by atoms with Gasteiger partial charge in [-0.1, -0.05) is 0 Å². The molecule has 3 aliphatic rings. The van der Waals surface area contributed by atoms with Crippen molar-refractivity contribution in [2.24, 2.45) is 17.6 Å². The number of hydrogen-bond acceptors (Lipinski definition) is 10. The smallest absolute Gasteiger partial charge is 0.255 e. The van der Waals surface area contributed by atoms with Crippen molar-refractivity contribution in [3.63, 3.8) is 0 Å². The van der Waals surface area contributed by atoms with Crippen molar-refractivity contribution in [1.82, 2.24) is 9.80 Å². The van der Waals surface area contributed by atoms with E-state index in [0.29, 0.717) is 29.8 Å². The van der Waals surface area contributed by atoms with E-state index in [1.165, 1.54) is 11.0 Å². The van der Waals surface area contributed by atoms with Crippen LogP contribution in [0.3, 0.4) is 0 Å². The van der Waals surface area contributed by atoms with Crippen LogP contribution < -0.4 is 5.73 Å². The Kier molecular flexibility index (Phi) is 6.51. The average molecular weight is 513 g/mol. The van der Waals surface area contributed by atoms with Crippen molar-refractivity contribution >= 4 is 28.9 Å². The van der Waals surface area contributed by atoms with Crippen molar-refractivity contribution < 1.29 is 34.8 Å². The number of benzene rings is 1. The van der Waals surface area contributed by atoms with Crippen LogP contribution in [0.4, 0.5) is 0 Å². The van der Waals surface area contributed by atoms with Crippen LogP contribution in [0, 0.1) is 17.2 Å². The Morgan fingerprint density at radius 3 is 2.38 bits per heavy atom. The molecule has 1 aromatic carbocycles. The van der Waals surface area contributed by atoms with E-state index in [-0.39, 0.29) is 29.7 Å². The Balaban J connectivity index is 1.91. The first-order chi connectivity index (χ1) is 17.2. The number of nitrogens with zero attached hydrogens (tertiary/aromatic N) is 2. The molecule has 0 spiro atoms. The van der Waals surface area contributed by atoms with E-state index in [9.17, 15) is 34.8 Å². The molecular weight excluding hydrogens is 480 g/mol. The van der Waals surface area contributed by atoms with Crippen LogP contribution in [-0.4, -0.2) is 99.8 Å². The lowest BCUT2D eigenvalue weighted by Gasteiger charge is -2.50. The fourth-order valence-electron chi connectivity index (χ4n) is 6.00. The first kappa shape index (κ1) is 26.5. The molecule has 0 bridgehead atoms. The zero-order valence-electron chi connectivity index (χ0n) is 21.2. The molecule has 1 aromatic rings. The molecule has 37 heavy (non-hydrogen) atoms. The number of Topliss-reactive ketones (excluding diaryl/α,β-unsaturated/α-hetero) is 2. The van der Waals surface area contributed by atoms with Crippen LogP contribution >= 0.6 is 0 Å². The molecule has 198 valence electrons. The molecule has 11 nitrogen and oxygen atoms in total. The number of amides is 1. The van der Waals surface area contributed by atoms with Gasteiger partial charge in [0.15, 0.2) is 11.4 Å². The summed E-state index contributed by atoms with van der Waals surface area (Å²) < 4.78 is 0. The highest BCUT2D eigenvalue weighted by atomic mass is 16.3. The minimum atomic E-state index is -2.67. The van der Waals surface area contributed by atoms with E-state index in [2.05, 4.69) is 0 Å². The van der Waals surface area contributed by atoms with Crippen molar-refractivity contribution in [2.75, 3.05) is 34.7 Å². The normalized spacial score (nSPS) is 27.4. The molecule has 11 heteroatoms. The largest absolute Gasteiger partial charge is 0.508 e. The number of aliphatic hydroxyl groups excluding tert-OH is 2. The maximum Gasteiger partial charge on any atom is 0.255 e. The van der Waals surface area contributed by atoms with Crippen molar-refractivity contribution in [1.29, 1.82) is 5.41 Å². The Morgan fingerprint density at radius 1 is 1.16 bits per heavy atom. The lowest BCUT2D eigenvalue weighted by atomic mass is 9.57. The van der Waals surface area contributed by atoms with Crippen LogP contribution in [0.1, 0.15) is 29.5 Å². The van der Waals surface area contributed by atoms with Crippen LogP contribution in [0.5, 0.6) is 5.75 Å². The maximum absolute atomic E-state index is 13.8. The maximum atomic E-state index is 13.8. The van der Waals surface area contributed by atoms with Gasteiger partial charge in [0.2, 0.25) is 5.78 Å². The van der Waals surface area contributed by atoms with E-state index in [4.69, 9.17) is 11.1 Å². The first-order valence-electron chi connectivity index (χ1n) is 12.0. The summed E-state index contributed by atoms with van der Waals surface area (Å²) in [4.78, 5) is 42.4. The summed E-state index contributed by atoms with van der Waals surface area (Å²) in [6.07, 6.45) is 0.577. The molecule has 0 aliphatic heterocycles. The lowest BCUT2D eigenvalue weighted by Crippen LogP contribution is -2.65. The second-order valence-electron chi connectivity index (χ2n) is 10.5. The highest BCUT2D eigenvalue weighted by molar-refractivity contribution is 6.24. The molecule has 1 saturated carbocycles. The van der Waals surface area contributed by atoms with Gasteiger partial charge in [0.05, 0.1) is 11.6 Å². The second-order valence-corrected chi connectivity index (χ2v) is 10.5. The zero-order chi connectivity index (χ0) is 27.6. The highest BCUT2D eigenvalue weighted by Crippen LogP contribution is 2.53. The summed E-state index contributed by atoms with van der Waals surface area (Å²) in [6, 6.07) is 1.80. The molecule has 4 rings (SSSR count). The van der Waals surface area contributed by atoms with Crippen LogP contribution in [0.25, 0.3) is 5.76 Å². The number of likely N-dealkylation sites (N-methyl/N-ethyl adjacent to an activating group) is 1. The van der Waals surface area contributed by atoms with Crippen LogP contribution in [-0.2, 0) is 20.8 Å². The van der Waals surface area contributed by atoms with Crippen LogP contribution in [0.15, 0.2) is 29.0 Å². The van der Waals surface area contributed by atoms with E-state index in [1.807, 2.05) is 19.0 Å². The van der Waals surface area contributed by atoms with Gasteiger partial charge in [0, 0.05) is 30.2 Å². The molecule has 3 aliphatic carbocycles. The quantitative estimate of drug-likeness (QED) is 0.230. The SMILES string of the molecule is CN(C)CCC(=N)c1ccc(O)c2c1C[C@H]1C[C@H]3[C@@H](N(C)C)C(=O)C(C(N)=O)=C(O)[C@@]3(O)C(=O)C1=C2O. The third kappa shape index (κ3) is 3.85. The van der Waals surface area contributed by atoms with Gasteiger partial charge in [0.25, 0.3) is 5.91 Å². The number of primary amides is 1. The van der Waals surface area contributed by atoms with Gasteiger partial charge < -0.3 is 36.5 Å². The zero-order valence-corrected chi connectivity index (χ0v) is 21.2. The third-order valence-corrected chi connectivity index (χ3v) is 7.74. The van der Waals surface area contributed by atoms with Gasteiger partial charge in [-0.3, -0.25) is 19.3 Å². The standard InChI is InChI=1S/C26H32N4O7/c1-29(2)8-7-15(27)12-5-6-16(31)18-13(12)9-11-10-14-20(30(3)4)22(33)19(25(28)36)24(35)26(14,37)23(34)17(11)21(18)32/h5-6,11,14,20,27,31-32,35,37H,7-10H2,1-4H3,(H2,28,36)/t11-,14-,20+,26-/m0/s1. The summed E-state index contributed by atoms with van der Waals surface area (Å²) in [5.41, 5.74) is 2.91. The predicted molar refractivity (Wildman–Crippen MR) is 134 cm³/mol. The van der Waals surface area contributed by atoms with Gasteiger partial charge in [-0.25, -0.2) is 0 Å². The minimum absolute atomic E-state index is 0.00584. The number of phenolic OH excluding ortho intramolecular Hbond substituents is 1. The summed E-state index contributed by atoms with van der Waals surface area (Å²) in [7, 11) is 6.87. The number of nitrogens with two attached hydrogens (primary N) is 1. The number of carbonyl (C=O) groups excluding carboxylic acids is 3. The van der Waals surface area contributed by atoms with E-state index < -0.39 is 58.0 Å². The second kappa shape index (κ2) is 9.09. The molecule has 0 heterocycles. The molecule has 7 N–H and O–H groups in total. The Morgan fingerprint density at radius 2 is 1.81 bits per heavy atom. The van der Waals surface area contributed by atoms with Crippen molar-refractivity contribution in [2.45, 2.75) is 30.9 Å².